The predicted octanol–water partition coefficient (Wildman–Crippen LogP) is -0.668. The molecule has 0 radical (unpaired) electrons. The molecule has 3 amide bonds. The highest BCUT2D eigenvalue weighted by Crippen LogP contribution is 2.04. The van der Waals surface area contributed by atoms with Crippen LogP contribution in [0.25, 0.3) is 0 Å². The van der Waals surface area contributed by atoms with Gasteiger partial charge in [-0.3, -0.25) is 19.3 Å². The summed E-state index contributed by atoms with van der Waals surface area (Å²) in [4.78, 5) is 47.4. The van der Waals surface area contributed by atoms with Crippen molar-refractivity contribution < 1.29 is 19.1 Å². The molecule has 1 aromatic heterocycles. The number of nitrogens with zero attached hydrogens (tertiary/aromatic N) is 2. The Labute approximate surface area is 120 Å². The fourth-order valence-electron chi connectivity index (χ4n) is 1.92. The molecule has 1 atom stereocenters. The topological polar surface area (TPSA) is 97.7 Å². The van der Waals surface area contributed by atoms with Crippen molar-refractivity contribution in [1.29, 1.82) is 0 Å². The maximum atomic E-state index is 11.9. The van der Waals surface area contributed by atoms with Crippen molar-refractivity contribution in [2.75, 3.05) is 13.1 Å². The van der Waals surface area contributed by atoms with Crippen LogP contribution >= 0.6 is 0 Å². The zero-order chi connectivity index (χ0) is 15.4. The van der Waals surface area contributed by atoms with E-state index in [1.54, 1.807) is 12.1 Å². The Morgan fingerprint density at radius 1 is 1.38 bits per heavy atom. The quantitative estimate of drug-likeness (QED) is 0.743. The van der Waals surface area contributed by atoms with Crippen LogP contribution in [0, 0.1) is 0 Å². The summed E-state index contributed by atoms with van der Waals surface area (Å²) in [6.45, 7) is 1.73. The summed E-state index contributed by atoms with van der Waals surface area (Å²) in [5, 5.41) is 2.49. The maximum Gasteiger partial charge on any atom is 0.326 e. The van der Waals surface area contributed by atoms with Crippen molar-refractivity contribution >= 4 is 17.9 Å². The normalized spacial score (nSPS) is 15.5. The van der Waals surface area contributed by atoms with E-state index < -0.39 is 24.0 Å². The van der Waals surface area contributed by atoms with Gasteiger partial charge >= 0.3 is 12.0 Å². The van der Waals surface area contributed by atoms with Crippen LogP contribution in [-0.2, 0) is 20.9 Å². The summed E-state index contributed by atoms with van der Waals surface area (Å²) in [5.41, 5.74) is -0.340. The Hall–Kier alpha value is -2.64. The van der Waals surface area contributed by atoms with Crippen molar-refractivity contribution in [2.45, 2.75) is 19.6 Å². The molecule has 0 saturated carbocycles. The molecule has 1 aliphatic rings. The highest BCUT2D eigenvalue weighted by atomic mass is 16.5. The van der Waals surface area contributed by atoms with Gasteiger partial charge in [-0.05, 0) is 13.0 Å². The number of nitrogens with one attached hydrogen (secondary N) is 1. The second-order valence-electron chi connectivity index (χ2n) is 4.52. The fraction of sp³-hybridized carbons (Fsp3) is 0.385. The molecule has 8 heteroatoms. The van der Waals surface area contributed by atoms with Gasteiger partial charge in [0, 0.05) is 25.4 Å². The molecule has 0 spiro atoms. The summed E-state index contributed by atoms with van der Waals surface area (Å²) in [6.07, 6.45) is 0.366. The van der Waals surface area contributed by atoms with Gasteiger partial charge in [-0.2, -0.15) is 0 Å². The summed E-state index contributed by atoms with van der Waals surface area (Å²) in [7, 11) is 0. The number of urea groups is 1. The van der Waals surface area contributed by atoms with Gasteiger partial charge in [0.25, 0.3) is 11.5 Å². The Bertz CT molecular complexity index is 624. The van der Waals surface area contributed by atoms with Gasteiger partial charge in [-0.15, -0.1) is 0 Å². The SMILES string of the molecule is C[C@H](OC(=O)Cn1ccccc1=O)C(=O)N1CCNC1=O. The number of rotatable bonds is 4. The molecule has 8 nitrogen and oxygen atoms in total. The standard InChI is InChI=1S/C13H15N3O5/c1-9(12(19)16-7-5-14-13(16)20)21-11(18)8-15-6-3-2-4-10(15)17/h2-4,6,9H,5,7-8H2,1H3,(H,14,20)/t9-/m0/s1. The molecule has 0 unspecified atom stereocenters. The summed E-state index contributed by atoms with van der Waals surface area (Å²) >= 11 is 0. The Kier molecular flexibility index (Phi) is 4.36. The summed E-state index contributed by atoms with van der Waals surface area (Å²) in [5.74, 6) is -1.30. The van der Waals surface area contributed by atoms with Crippen molar-refractivity contribution in [1.82, 2.24) is 14.8 Å². The smallest absolute Gasteiger partial charge is 0.326 e. The average molecular weight is 293 g/mol. The van der Waals surface area contributed by atoms with Crippen LogP contribution < -0.4 is 10.9 Å². The lowest BCUT2D eigenvalue weighted by Crippen LogP contribution is -2.42. The largest absolute Gasteiger partial charge is 0.451 e. The molecule has 112 valence electrons. The zero-order valence-electron chi connectivity index (χ0n) is 11.4. The monoisotopic (exact) mass is 293 g/mol. The molecule has 2 rings (SSSR count). The average Bonchev–Trinajstić information content (AvgIpc) is 2.86. The van der Waals surface area contributed by atoms with Crippen molar-refractivity contribution in [3.8, 4) is 0 Å². The zero-order valence-corrected chi connectivity index (χ0v) is 11.4. The molecule has 1 N–H and O–H groups in total. The van der Waals surface area contributed by atoms with Crippen LogP contribution in [0.5, 0.6) is 0 Å². The minimum Gasteiger partial charge on any atom is -0.451 e. The molecule has 1 saturated heterocycles. The molecule has 0 aromatic carbocycles. The number of carbonyl (C=O) groups is 3. The van der Waals surface area contributed by atoms with Crippen LogP contribution in [0.4, 0.5) is 4.79 Å². The van der Waals surface area contributed by atoms with Gasteiger partial charge in [-0.25, -0.2) is 4.79 Å². The lowest BCUT2D eigenvalue weighted by molar-refractivity contribution is -0.158. The molecule has 21 heavy (non-hydrogen) atoms. The third-order valence-corrected chi connectivity index (χ3v) is 2.98. The van der Waals surface area contributed by atoms with E-state index in [2.05, 4.69) is 5.32 Å². The van der Waals surface area contributed by atoms with E-state index in [0.29, 0.717) is 6.54 Å². The van der Waals surface area contributed by atoms with Crippen molar-refractivity contribution in [3.63, 3.8) is 0 Å². The Balaban J connectivity index is 1.93. The number of aromatic nitrogens is 1. The number of amides is 3. The first-order valence-corrected chi connectivity index (χ1v) is 6.43. The van der Waals surface area contributed by atoms with E-state index in [-0.39, 0.29) is 18.6 Å². The van der Waals surface area contributed by atoms with Crippen LogP contribution in [0.15, 0.2) is 29.2 Å². The molecular weight excluding hydrogens is 278 g/mol. The van der Waals surface area contributed by atoms with E-state index in [1.807, 2.05) is 0 Å². The van der Waals surface area contributed by atoms with Crippen LogP contribution in [0.2, 0.25) is 0 Å². The molecule has 0 aliphatic carbocycles. The van der Waals surface area contributed by atoms with Crippen LogP contribution in [0.3, 0.4) is 0 Å². The number of pyridine rings is 1. The minimum absolute atomic E-state index is 0.248. The molecule has 1 aromatic rings. The molecule has 1 aliphatic heterocycles. The van der Waals surface area contributed by atoms with E-state index in [9.17, 15) is 19.2 Å². The predicted molar refractivity (Wildman–Crippen MR) is 71.4 cm³/mol. The van der Waals surface area contributed by atoms with Gasteiger partial charge in [0.2, 0.25) is 0 Å². The first-order chi connectivity index (χ1) is 9.99. The van der Waals surface area contributed by atoms with E-state index >= 15 is 0 Å². The Morgan fingerprint density at radius 2 is 2.14 bits per heavy atom. The van der Waals surface area contributed by atoms with E-state index in [1.165, 1.54) is 23.8 Å². The van der Waals surface area contributed by atoms with E-state index in [4.69, 9.17) is 4.74 Å². The fourth-order valence-corrected chi connectivity index (χ4v) is 1.92. The second-order valence-corrected chi connectivity index (χ2v) is 4.52. The summed E-state index contributed by atoms with van der Waals surface area (Å²) in [6, 6.07) is 3.98. The van der Waals surface area contributed by atoms with Gasteiger partial charge in [0.05, 0.1) is 0 Å². The van der Waals surface area contributed by atoms with Gasteiger partial charge in [-0.1, -0.05) is 6.07 Å². The van der Waals surface area contributed by atoms with Gasteiger partial charge in [0.1, 0.15) is 6.54 Å². The third-order valence-electron chi connectivity index (χ3n) is 2.98. The minimum atomic E-state index is -1.08. The number of hydrogen-bond acceptors (Lipinski definition) is 5. The van der Waals surface area contributed by atoms with Crippen molar-refractivity contribution in [2.24, 2.45) is 0 Å². The highest BCUT2D eigenvalue weighted by molar-refractivity contribution is 5.98. The first-order valence-electron chi connectivity index (χ1n) is 6.43. The lowest BCUT2D eigenvalue weighted by Gasteiger charge is -2.18. The molecular formula is C13H15N3O5. The number of hydrogen-bond donors (Lipinski definition) is 1. The van der Waals surface area contributed by atoms with E-state index in [0.717, 1.165) is 4.90 Å². The highest BCUT2D eigenvalue weighted by Gasteiger charge is 2.31. The van der Waals surface area contributed by atoms with Gasteiger partial charge in [0.15, 0.2) is 6.10 Å². The van der Waals surface area contributed by atoms with Crippen molar-refractivity contribution in [3.05, 3.63) is 34.7 Å². The lowest BCUT2D eigenvalue weighted by atomic mass is 10.3. The number of ether oxygens (including phenoxy) is 1. The van der Waals surface area contributed by atoms with Crippen LogP contribution in [0.1, 0.15) is 6.92 Å². The number of carbonyl (C=O) groups excluding carboxylic acids is 3. The van der Waals surface area contributed by atoms with Crippen LogP contribution in [-0.4, -0.2) is 46.6 Å². The second kappa shape index (κ2) is 6.21. The number of imide groups is 1. The Morgan fingerprint density at radius 3 is 2.76 bits per heavy atom. The molecule has 2 heterocycles. The number of esters is 1. The third kappa shape index (κ3) is 3.47. The molecule has 0 bridgehead atoms. The van der Waals surface area contributed by atoms with Gasteiger partial charge < -0.3 is 14.6 Å². The first kappa shape index (κ1) is 14.8. The maximum absolute atomic E-state index is 11.9. The summed E-state index contributed by atoms with van der Waals surface area (Å²) < 4.78 is 6.13. The molecule has 1 fully saturated rings.